The molecule has 5 rings (SSSR count). The Hall–Kier alpha value is -3.42. The van der Waals surface area contributed by atoms with Gasteiger partial charge in [0.1, 0.15) is 5.58 Å². The summed E-state index contributed by atoms with van der Waals surface area (Å²) in [6, 6.07) is 21.8. The van der Waals surface area contributed by atoms with Crippen LogP contribution in [0.1, 0.15) is 69.5 Å². The third-order valence-electron chi connectivity index (χ3n) is 8.05. The Bertz CT molecular complexity index is 1610. The van der Waals surface area contributed by atoms with E-state index in [4.69, 9.17) is 9.15 Å². The predicted molar refractivity (Wildman–Crippen MR) is 164 cm³/mol. The molecule has 41 heavy (non-hydrogen) atoms. The van der Waals surface area contributed by atoms with E-state index in [1.54, 1.807) is 30.3 Å². The molecule has 6 nitrogen and oxygen atoms in total. The monoisotopic (exact) mass is 573 g/mol. The van der Waals surface area contributed by atoms with Gasteiger partial charge in [0.05, 0.1) is 4.90 Å². The number of ether oxygens (including phenoxy) is 1. The van der Waals surface area contributed by atoms with E-state index in [0.29, 0.717) is 33.9 Å². The molecule has 1 atom stereocenters. The summed E-state index contributed by atoms with van der Waals surface area (Å²) in [6.07, 6.45) is 3.86. The standard InChI is InChI=1S/C34H39NO5S/c1-23(10-11-24-18-20-39-21-19-24)32(36)33-31(25-8-6-5-7-9-25)29-22-27(14-17-30(29)40-33)35-41(37,38)28-15-12-26(13-16-28)34(2,3)4/h5-9,12-17,22-24,35H,10-11,18-21H2,1-4H3. The fourth-order valence-corrected chi connectivity index (χ4v) is 6.50. The first kappa shape index (κ1) is 29.1. The highest BCUT2D eigenvalue weighted by atomic mass is 32.2. The van der Waals surface area contributed by atoms with Gasteiger partial charge in [0.2, 0.25) is 5.78 Å². The molecular formula is C34H39NO5S. The molecule has 0 spiro atoms. The van der Waals surface area contributed by atoms with E-state index in [1.165, 1.54) is 0 Å². The van der Waals surface area contributed by atoms with Crippen LogP contribution < -0.4 is 4.72 Å². The number of Topliss-reactive ketones (excluding diaryl/α,β-unsaturated/α-hetero) is 1. The van der Waals surface area contributed by atoms with Crippen LogP contribution in [0.4, 0.5) is 5.69 Å². The second-order valence-electron chi connectivity index (χ2n) is 12.2. The van der Waals surface area contributed by atoms with Gasteiger partial charge in [0.15, 0.2) is 5.76 Å². The number of hydrogen-bond donors (Lipinski definition) is 1. The van der Waals surface area contributed by atoms with Gasteiger partial charge >= 0.3 is 0 Å². The number of ketones is 1. The van der Waals surface area contributed by atoms with Crippen molar-refractivity contribution in [3.8, 4) is 11.1 Å². The first-order valence-corrected chi connectivity index (χ1v) is 15.9. The van der Waals surface area contributed by atoms with E-state index in [9.17, 15) is 13.2 Å². The number of carbonyl (C=O) groups is 1. The number of rotatable bonds is 9. The summed E-state index contributed by atoms with van der Waals surface area (Å²) in [5.74, 6) is 0.676. The van der Waals surface area contributed by atoms with E-state index < -0.39 is 10.0 Å². The van der Waals surface area contributed by atoms with Gasteiger partial charge in [0.25, 0.3) is 10.0 Å². The van der Waals surface area contributed by atoms with Crippen LogP contribution in [0.25, 0.3) is 22.1 Å². The highest BCUT2D eigenvalue weighted by Gasteiger charge is 2.27. The van der Waals surface area contributed by atoms with Crippen LogP contribution in [-0.4, -0.2) is 27.4 Å². The Morgan fingerprint density at radius 2 is 1.66 bits per heavy atom. The van der Waals surface area contributed by atoms with Crippen molar-refractivity contribution >= 4 is 32.5 Å². The molecule has 4 aromatic rings. The molecular weight excluding hydrogens is 534 g/mol. The SMILES string of the molecule is CC(CCC1CCOCC1)C(=O)c1oc2ccc(NS(=O)(=O)c3ccc(C(C)(C)C)cc3)cc2c1-c1ccccc1. The Morgan fingerprint density at radius 1 is 0.976 bits per heavy atom. The largest absolute Gasteiger partial charge is 0.452 e. The van der Waals surface area contributed by atoms with E-state index in [2.05, 4.69) is 25.5 Å². The smallest absolute Gasteiger partial charge is 0.261 e. The number of sulfonamides is 1. The van der Waals surface area contributed by atoms with Gasteiger partial charge in [-0.15, -0.1) is 0 Å². The van der Waals surface area contributed by atoms with Gasteiger partial charge in [-0.25, -0.2) is 8.42 Å². The molecule has 0 saturated carbocycles. The van der Waals surface area contributed by atoms with E-state index in [0.717, 1.165) is 50.0 Å². The van der Waals surface area contributed by atoms with Crippen molar-refractivity contribution in [2.45, 2.75) is 63.7 Å². The lowest BCUT2D eigenvalue weighted by Crippen LogP contribution is -2.18. The molecule has 3 aromatic carbocycles. The van der Waals surface area contributed by atoms with Crippen LogP contribution >= 0.6 is 0 Å². The summed E-state index contributed by atoms with van der Waals surface area (Å²) in [5, 5.41) is 0.694. The molecule has 1 fully saturated rings. The van der Waals surface area contributed by atoms with Gasteiger partial charge in [-0.05, 0) is 78.5 Å². The average molecular weight is 574 g/mol. The summed E-state index contributed by atoms with van der Waals surface area (Å²) < 4.78 is 40.9. The fraction of sp³-hybridized carbons (Fsp3) is 0.382. The first-order valence-electron chi connectivity index (χ1n) is 14.4. The minimum absolute atomic E-state index is 0.0341. The fourth-order valence-electron chi connectivity index (χ4n) is 5.45. The molecule has 0 radical (unpaired) electrons. The first-order chi connectivity index (χ1) is 19.5. The zero-order valence-electron chi connectivity index (χ0n) is 24.3. The van der Waals surface area contributed by atoms with Gasteiger partial charge in [-0.2, -0.15) is 0 Å². The molecule has 1 unspecified atom stereocenters. The van der Waals surface area contributed by atoms with Crippen LogP contribution in [0, 0.1) is 11.8 Å². The summed E-state index contributed by atoms with van der Waals surface area (Å²) >= 11 is 0. The van der Waals surface area contributed by atoms with E-state index in [-0.39, 0.29) is 22.0 Å². The van der Waals surface area contributed by atoms with E-state index >= 15 is 0 Å². The number of benzene rings is 3. The van der Waals surface area contributed by atoms with Crippen molar-refractivity contribution in [1.29, 1.82) is 0 Å². The van der Waals surface area contributed by atoms with Crippen LogP contribution in [-0.2, 0) is 20.2 Å². The molecule has 7 heteroatoms. The highest BCUT2D eigenvalue weighted by Crippen LogP contribution is 2.38. The third-order valence-corrected chi connectivity index (χ3v) is 9.45. The maximum Gasteiger partial charge on any atom is 0.261 e. The minimum Gasteiger partial charge on any atom is -0.452 e. The molecule has 0 aliphatic carbocycles. The molecule has 1 aromatic heterocycles. The number of furan rings is 1. The van der Waals surface area contributed by atoms with Crippen molar-refractivity contribution < 1.29 is 22.4 Å². The topological polar surface area (TPSA) is 85.6 Å². The summed E-state index contributed by atoms with van der Waals surface area (Å²) in [7, 11) is -3.82. The number of anilines is 1. The van der Waals surface area contributed by atoms with Crippen molar-refractivity contribution in [3.05, 3.63) is 84.1 Å². The van der Waals surface area contributed by atoms with Crippen molar-refractivity contribution in [2.75, 3.05) is 17.9 Å². The Labute approximate surface area is 243 Å². The van der Waals surface area contributed by atoms with Gasteiger partial charge < -0.3 is 9.15 Å². The molecule has 0 bridgehead atoms. The van der Waals surface area contributed by atoms with Gasteiger partial charge in [-0.1, -0.05) is 70.2 Å². The Morgan fingerprint density at radius 3 is 2.32 bits per heavy atom. The zero-order valence-corrected chi connectivity index (χ0v) is 25.1. The Balaban J connectivity index is 1.45. The quantitative estimate of drug-likeness (QED) is 0.204. The van der Waals surface area contributed by atoms with Gasteiger partial charge in [0, 0.05) is 35.8 Å². The number of carbonyl (C=O) groups excluding carboxylic acids is 1. The second-order valence-corrected chi connectivity index (χ2v) is 13.8. The molecule has 1 saturated heterocycles. The van der Waals surface area contributed by atoms with Crippen molar-refractivity contribution in [3.63, 3.8) is 0 Å². The number of fused-ring (bicyclic) bond motifs is 1. The lowest BCUT2D eigenvalue weighted by Gasteiger charge is -2.22. The van der Waals surface area contributed by atoms with Crippen LogP contribution in [0.3, 0.4) is 0 Å². The molecule has 1 aliphatic heterocycles. The third kappa shape index (κ3) is 6.57. The lowest BCUT2D eigenvalue weighted by atomic mass is 9.87. The maximum atomic E-state index is 13.7. The van der Waals surface area contributed by atoms with Crippen molar-refractivity contribution in [1.82, 2.24) is 0 Å². The molecule has 2 heterocycles. The number of nitrogens with one attached hydrogen (secondary N) is 1. The van der Waals surface area contributed by atoms with Gasteiger partial charge in [-0.3, -0.25) is 9.52 Å². The summed E-state index contributed by atoms with van der Waals surface area (Å²) in [6.45, 7) is 9.82. The molecule has 216 valence electrons. The molecule has 0 amide bonds. The normalized spacial score (nSPS) is 15.6. The zero-order chi connectivity index (χ0) is 29.2. The minimum atomic E-state index is -3.82. The second kappa shape index (κ2) is 11.8. The highest BCUT2D eigenvalue weighted by molar-refractivity contribution is 7.92. The summed E-state index contributed by atoms with van der Waals surface area (Å²) in [4.78, 5) is 13.9. The van der Waals surface area contributed by atoms with E-state index in [1.807, 2.05) is 49.4 Å². The molecule has 1 aliphatic rings. The maximum absolute atomic E-state index is 13.7. The van der Waals surface area contributed by atoms with Crippen LogP contribution in [0.15, 0.2) is 82.1 Å². The van der Waals surface area contributed by atoms with Crippen molar-refractivity contribution in [2.24, 2.45) is 11.8 Å². The molecule has 1 N–H and O–H groups in total. The average Bonchev–Trinajstić information content (AvgIpc) is 3.34. The van der Waals surface area contributed by atoms with Crippen LogP contribution in [0.2, 0.25) is 0 Å². The number of hydrogen-bond acceptors (Lipinski definition) is 5. The lowest BCUT2D eigenvalue weighted by molar-refractivity contribution is 0.0612. The Kier molecular flexibility index (Phi) is 8.39. The predicted octanol–water partition coefficient (Wildman–Crippen LogP) is 8.22. The van der Waals surface area contributed by atoms with Crippen LogP contribution in [0.5, 0.6) is 0 Å². The summed E-state index contributed by atoms with van der Waals surface area (Å²) in [5.41, 5.74) is 3.47.